The molecule has 1 unspecified atom stereocenters. The lowest BCUT2D eigenvalue weighted by molar-refractivity contribution is -0.0525. The molecule has 1 fully saturated rings. The highest BCUT2D eigenvalue weighted by atomic mass is 16.5. The summed E-state index contributed by atoms with van der Waals surface area (Å²) in [6, 6.07) is 6.58. The summed E-state index contributed by atoms with van der Waals surface area (Å²) in [7, 11) is 0. The van der Waals surface area contributed by atoms with Gasteiger partial charge in [-0.15, -0.1) is 0 Å². The van der Waals surface area contributed by atoms with Gasteiger partial charge in [0, 0.05) is 12.6 Å². The minimum atomic E-state index is -0.0799. The summed E-state index contributed by atoms with van der Waals surface area (Å²) in [5, 5.41) is 0. The molecule has 0 saturated heterocycles. The molecule has 1 aromatic rings. The second-order valence-corrected chi connectivity index (χ2v) is 5.89. The maximum Gasteiger partial charge on any atom is 0.0835 e. The van der Waals surface area contributed by atoms with Gasteiger partial charge in [-0.2, -0.15) is 0 Å². The quantitative estimate of drug-likeness (QED) is 0.880. The van der Waals surface area contributed by atoms with E-state index >= 15 is 0 Å². The lowest BCUT2D eigenvalue weighted by Crippen LogP contribution is -2.49. The molecule has 0 amide bonds. The molecule has 1 aliphatic rings. The lowest BCUT2D eigenvalue weighted by Gasteiger charge is -2.35. The Kier molecular flexibility index (Phi) is 4.64. The minimum absolute atomic E-state index is 0.0799. The summed E-state index contributed by atoms with van der Waals surface area (Å²) >= 11 is 0. The van der Waals surface area contributed by atoms with E-state index in [1.807, 2.05) is 0 Å². The zero-order chi connectivity index (χ0) is 13.9. The van der Waals surface area contributed by atoms with E-state index in [1.165, 1.54) is 29.5 Å². The van der Waals surface area contributed by atoms with E-state index in [4.69, 9.17) is 10.5 Å². The first kappa shape index (κ1) is 14.5. The zero-order valence-electron chi connectivity index (χ0n) is 12.5. The van der Waals surface area contributed by atoms with Gasteiger partial charge in [0.15, 0.2) is 0 Å². The van der Waals surface area contributed by atoms with Crippen molar-refractivity contribution in [3.63, 3.8) is 0 Å². The fourth-order valence-electron chi connectivity index (χ4n) is 3.46. The number of nitrogens with two attached hydrogens (primary N) is 1. The molecule has 0 heterocycles. The van der Waals surface area contributed by atoms with E-state index in [-0.39, 0.29) is 11.6 Å². The van der Waals surface area contributed by atoms with E-state index in [2.05, 4.69) is 39.0 Å². The first-order chi connectivity index (χ1) is 9.09. The predicted octanol–water partition coefficient (Wildman–Crippen LogP) is 3.52. The van der Waals surface area contributed by atoms with Crippen molar-refractivity contribution >= 4 is 0 Å². The Labute approximate surface area is 117 Å². The third-order valence-electron chi connectivity index (χ3n) is 4.63. The number of aryl methyl sites for hydroxylation is 2. The number of hydrogen-bond acceptors (Lipinski definition) is 2. The van der Waals surface area contributed by atoms with Crippen molar-refractivity contribution in [1.29, 1.82) is 0 Å². The van der Waals surface area contributed by atoms with Crippen LogP contribution in [0, 0.1) is 13.8 Å². The zero-order valence-corrected chi connectivity index (χ0v) is 12.5. The highest BCUT2D eigenvalue weighted by Crippen LogP contribution is 2.37. The smallest absolute Gasteiger partial charge is 0.0835 e. The second kappa shape index (κ2) is 6.06. The molecule has 2 N–H and O–H groups in total. The monoisotopic (exact) mass is 261 g/mol. The molecule has 1 saturated carbocycles. The molecule has 19 heavy (non-hydrogen) atoms. The molecule has 1 aromatic carbocycles. The molecule has 1 atom stereocenters. The normalized spacial score (nSPS) is 19.6. The molecule has 106 valence electrons. The average molecular weight is 261 g/mol. The third-order valence-corrected chi connectivity index (χ3v) is 4.63. The number of hydrogen-bond donors (Lipinski definition) is 1. The van der Waals surface area contributed by atoms with Crippen molar-refractivity contribution in [2.45, 2.75) is 64.5 Å². The van der Waals surface area contributed by atoms with Crippen LogP contribution in [0.2, 0.25) is 0 Å². The van der Waals surface area contributed by atoms with Gasteiger partial charge in [-0.25, -0.2) is 0 Å². The summed E-state index contributed by atoms with van der Waals surface area (Å²) in [5.74, 6) is 0. The van der Waals surface area contributed by atoms with E-state index in [1.54, 1.807) is 0 Å². The van der Waals surface area contributed by atoms with Crippen molar-refractivity contribution in [3.05, 3.63) is 34.9 Å². The van der Waals surface area contributed by atoms with Crippen LogP contribution in [-0.2, 0) is 11.2 Å². The number of rotatable bonds is 5. The van der Waals surface area contributed by atoms with Gasteiger partial charge < -0.3 is 10.5 Å². The highest BCUT2D eigenvalue weighted by molar-refractivity contribution is 5.34. The molecular weight excluding hydrogens is 234 g/mol. The van der Waals surface area contributed by atoms with Crippen LogP contribution in [0.15, 0.2) is 18.2 Å². The Morgan fingerprint density at radius 2 is 1.79 bits per heavy atom. The van der Waals surface area contributed by atoms with E-state index in [0.717, 1.165) is 25.9 Å². The molecule has 0 aromatic heterocycles. The van der Waals surface area contributed by atoms with Gasteiger partial charge in [0.2, 0.25) is 0 Å². The highest BCUT2D eigenvalue weighted by Gasteiger charge is 2.40. The fraction of sp³-hybridized carbons (Fsp3) is 0.647. The maximum absolute atomic E-state index is 6.54. The number of benzene rings is 1. The standard InChI is InChI=1S/C17H27NO/c1-4-19-17(10-5-6-11-17)16(18)12-15-13(2)8-7-9-14(15)3/h7-9,16H,4-6,10-12,18H2,1-3H3. The minimum Gasteiger partial charge on any atom is -0.374 e. The van der Waals surface area contributed by atoms with Crippen molar-refractivity contribution in [1.82, 2.24) is 0 Å². The van der Waals surface area contributed by atoms with Gasteiger partial charge in [0.05, 0.1) is 5.60 Å². The Morgan fingerprint density at radius 1 is 1.21 bits per heavy atom. The Balaban J connectivity index is 2.17. The van der Waals surface area contributed by atoms with Crippen LogP contribution in [-0.4, -0.2) is 18.2 Å². The topological polar surface area (TPSA) is 35.2 Å². The van der Waals surface area contributed by atoms with Gasteiger partial charge in [-0.3, -0.25) is 0 Å². The molecule has 1 aliphatic carbocycles. The van der Waals surface area contributed by atoms with Gasteiger partial charge in [0.1, 0.15) is 0 Å². The molecule has 0 bridgehead atoms. The van der Waals surface area contributed by atoms with Crippen molar-refractivity contribution in [2.24, 2.45) is 5.73 Å². The lowest BCUT2D eigenvalue weighted by atomic mass is 9.85. The van der Waals surface area contributed by atoms with Gasteiger partial charge in [-0.1, -0.05) is 31.0 Å². The van der Waals surface area contributed by atoms with Crippen LogP contribution in [0.4, 0.5) is 0 Å². The van der Waals surface area contributed by atoms with Crippen LogP contribution in [0.3, 0.4) is 0 Å². The molecule has 2 nitrogen and oxygen atoms in total. The summed E-state index contributed by atoms with van der Waals surface area (Å²) in [6.07, 6.45) is 5.67. The maximum atomic E-state index is 6.54. The van der Waals surface area contributed by atoms with E-state index < -0.39 is 0 Å². The summed E-state index contributed by atoms with van der Waals surface area (Å²) in [4.78, 5) is 0. The van der Waals surface area contributed by atoms with E-state index in [0.29, 0.717) is 0 Å². The van der Waals surface area contributed by atoms with Crippen molar-refractivity contribution < 1.29 is 4.74 Å². The summed E-state index contributed by atoms with van der Waals surface area (Å²) in [5.41, 5.74) is 10.6. The molecule has 0 spiro atoms. The fourth-order valence-corrected chi connectivity index (χ4v) is 3.46. The van der Waals surface area contributed by atoms with E-state index in [9.17, 15) is 0 Å². The van der Waals surface area contributed by atoms with Crippen LogP contribution >= 0.6 is 0 Å². The van der Waals surface area contributed by atoms with Crippen molar-refractivity contribution in [2.75, 3.05) is 6.61 Å². The first-order valence-corrected chi connectivity index (χ1v) is 7.53. The Hall–Kier alpha value is -0.860. The SMILES string of the molecule is CCOC1(C(N)Cc2c(C)cccc2C)CCCC1. The second-order valence-electron chi connectivity index (χ2n) is 5.89. The van der Waals surface area contributed by atoms with Crippen LogP contribution < -0.4 is 5.73 Å². The summed E-state index contributed by atoms with van der Waals surface area (Å²) < 4.78 is 6.08. The Morgan fingerprint density at radius 3 is 2.32 bits per heavy atom. The average Bonchev–Trinajstić information content (AvgIpc) is 2.84. The molecular formula is C17H27NO. The predicted molar refractivity (Wildman–Crippen MR) is 80.4 cm³/mol. The summed E-state index contributed by atoms with van der Waals surface area (Å²) in [6.45, 7) is 7.19. The van der Waals surface area contributed by atoms with Crippen molar-refractivity contribution in [3.8, 4) is 0 Å². The largest absolute Gasteiger partial charge is 0.374 e. The van der Waals surface area contributed by atoms with Crippen LogP contribution in [0.25, 0.3) is 0 Å². The number of ether oxygens (including phenoxy) is 1. The third kappa shape index (κ3) is 3.01. The Bertz CT molecular complexity index is 401. The van der Waals surface area contributed by atoms with Gasteiger partial charge in [0.25, 0.3) is 0 Å². The first-order valence-electron chi connectivity index (χ1n) is 7.53. The molecule has 0 aliphatic heterocycles. The van der Waals surface area contributed by atoms with Crippen LogP contribution in [0.1, 0.15) is 49.3 Å². The molecule has 2 heteroatoms. The molecule has 0 radical (unpaired) electrons. The molecule has 2 rings (SSSR count). The van der Waals surface area contributed by atoms with Gasteiger partial charge in [-0.05, 0) is 56.7 Å². The van der Waals surface area contributed by atoms with Gasteiger partial charge >= 0.3 is 0 Å². The van der Waals surface area contributed by atoms with Crippen LogP contribution in [0.5, 0.6) is 0 Å².